The summed E-state index contributed by atoms with van der Waals surface area (Å²) in [4.78, 5) is 7.81. The van der Waals surface area contributed by atoms with Crippen LogP contribution in [0.2, 0.25) is 0 Å². The van der Waals surface area contributed by atoms with Crippen molar-refractivity contribution in [3.8, 4) is 0 Å². The van der Waals surface area contributed by atoms with E-state index in [1.54, 1.807) is 19.2 Å². The van der Waals surface area contributed by atoms with Crippen LogP contribution in [0.4, 0.5) is 4.39 Å². The molecule has 2 aliphatic heterocycles. The quantitative estimate of drug-likeness (QED) is 0.337. The summed E-state index contributed by atoms with van der Waals surface area (Å²) in [5, 5.41) is 4.39. The van der Waals surface area contributed by atoms with Crippen LogP contribution in [0.15, 0.2) is 39.6 Å². The van der Waals surface area contributed by atoms with Gasteiger partial charge in [-0.25, -0.2) is 4.39 Å². The average molecular weight is 456 g/mol. The number of fused-ring (bicyclic) bond motifs is 2. The van der Waals surface area contributed by atoms with Crippen molar-refractivity contribution in [2.45, 2.75) is 50.6 Å². The minimum atomic E-state index is -0.172. The summed E-state index contributed by atoms with van der Waals surface area (Å²) >= 11 is 2.29. The second kappa shape index (κ2) is 8.62. The molecule has 0 amide bonds. The van der Waals surface area contributed by atoms with Gasteiger partial charge in [-0.1, -0.05) is 52.9 Å². The maximum atomic E-state index is 13.4. The molecular weight excluding hydrogens is 430 g/mol. The molecular formula is C20H26FIN2O. The van der Waals surface area contributed by atoms with Crippen molar-refractivity contribution in [3.05, 3.63) is 45.8 Å². The molecule has 1 aromatic rings. The minimum absolute atomic E-state index is 0.172. The minimum Gasteiger partial charge on any atom is -0.399 e. The Morgan fingerprint density at radius 2 is 2.12 bits per heavy atom. The molecule has 3 nitrogen and oxygen atoms in total. The number of hydrogen-bond donors (Lipinski definition) is 0. The third kappa shape index (κ3) is 3.92. The van der Waals surface area contributed by atoms with E-state index in [1.807, 2.05) is 12.1 Å². The topological polar surface area (TPSA) is 24.8 Å². The van der Waals surface area contributed by atoms with E-state index >= 15 is 0 Å². The van der Waals surface area contributed by atoms with Crippen LogP contribution < -0.4 is 0 Å². The fourth-order valence-electron chi connectivity index (χ4n) is 4.74. The van der Waals surface area contributed by atoms with Crippen LogP contribution in [0.3, 0.4) is 0 Å². The van der Waals surface area contributed by atoms with Gasteiger partial charge in [-0.15, -0.1) is 0 Å². The maximum Gasteiger partial charge on any atom is 0.123 e. The first-order valence-corrected chi connectivity index (χ1v) is 10.3. The Morgan fingerprint density at radius 1 is 1.36 bits per heavy atom. The van der Waals surface area contributed by atoms with E-state index in [0.717, 1.165) is 25.1 Å². The van der Waals surface area contributed by atoms with E-state index in [1.165, 1.54) is 18.4 Å². The lowest BCUT2D eigenvalue weighted by Crippen LogP contribution is -2.50. The predicted octanol–water partition coefficient (Wildman–Crippen LogP) is 5.12. The number of halogens is 2. The second-order valence-electron chi connectivity index (χ2n) is 6.90. The molecule has 136 valence electrons. The largest absolute Gasteiger partial charge is 0.399 e. The predicted molar refractivity (Wildman–Crippen MR) is 109 cm³/mol. The highest BCUT2D eigenvalue weighted by molar-refractivity contribution is 14.1. The van der Waals surface area contributed by atoms with E-state index < -0.39 is 0 Å². The molecule has 3 rings (SSSR count). The molecule has 0 aromatic heterocycles. The molecule has 0 aliphatic carbocycles. The Bertz CT molecular complexity index is 631. The molecule has 4 atom stereocenters. The van der Waals surface area contributed by atoms with Gasteiger partial charge < -0.3 is 4.84 Å². The molecule has 1 aromatic carbocycles. The van der Waals surface area contributed by atoms with E-state index in [2.05, 4.69) is 49.7 Å². The summed E-state index contributed by atoms with van der Waals surface area (Å²) in [6.45, 7) is 3.14. The fraction of sp³-hybridized carbons (Fsp3) is 0.550. The van der Waals surface area contributed by atoms with Crippen molar-refractivity contribution in [1.29, 1.82) is 0 Å². The first-order valence-electron chi connectivity index (χ1n) is 9.05. The molecule has 25 heavy (non-hydrogen) atoms. The van der Waals surface area contributed by atoms with Gasteiger partial charge in [0.25, 0.3) is 0 Å². The van der Waals surface area contributed by atoms with Crippen molar-refractivity contribution in [2.75, 3.05) is 13.7 Å². The molecule has 0 radical (unpaired) electrons. The molecule has 2 saturated heterocycles. The summed E-state index contributed by atoms with van der Waals surface area (Å²) < 4.78 is 15.5. The lowest BCUT2D eigenvalue weighted by molar-refractivity contribution is 0.111. The molecule has 0 N–H and O–H groups in total. The number of hydrogen-bond acceptors (Lipinski definition) is 3. The SMILES string of the molecule is CC/C(=N/OC)[C@@H]1C2CCC(C[C@@H]1c1ccc(F)cc1)N2C/C=C/I. The van der Waals surface area contributed by atoms with Crippen LogP contribution in [-0.2, 0) is 4.84 Å². The Balaban J connectivity index is 1.97. The third-order valence-corrected chi connectivity index (χ3v) is 6.23. The number of rotatable bonds is 6. The van der Waals surface area contributed by atoms with E-state index in [9.17, 15) is 4.39 Å². The van der Waals surface area contributed by atoms with Gasteiger partial charge in [0.2, 0.25) is 0 Å². The van der Waals surface area contributed by atoms with E-state index in [4.69, 9.17) is 4.84 Å². The summed E-state index contributed by atoms with van der Waals surface area (Å²) in [6.07, 6.45) is 6.65. The van der Waals surface area contributed by atoms with Crippen LogP contribution in [0, 0.1) is 11.7 Å². The summed E-state index contributed by atoms with van der Waals surface area (Å²) in [7, 11) is 1.62. The zero-order valence-electron chi connectivity index (χ0n) is 14.9. The zero-order valence-corrected chi connectivity index (χ0v) is 17.0. The fourth-order valence-corrected chi connectivity index (χ4v) is 4.97. The Morgan fingerprint density at radius 3 is 2.76 bits per heavy atom. The van der Waals surface area contributed by atoms with Crippen molar-refractivity contribution >= 4 is 28.3 Å². The third-order valence-electron chi connectivity index (χ3n) is 5.72. The van der Waals surface area contributed by atoms with Gasteiger partial charge in [0.05, 0.1) is 5.71 Å². The first kappa shape index (κ1) is 18.8. The molecule has 2 aliphatic rings. The highest BCUT2D eigenvalue weighted by atomic mass is 127. The lowest BCUT2D eigenvalue weighted by Gasteiger charge is -2.45. The highest BCUT2D eigenvalue weighted by Gasteiger charge is 2.48. The Labute approximate surface area is 163 Å². The normalized spacial score (nSPS) is 30.2. The van der Waals surface area contributed by atoms with Crippen molar-refractivity contribution in [1.82, 2.24) is 4.90 Å². The molecule has 2 unspecified atom stereocenters. The summed E-state index contributed by atoms with van der Waals surface area (Å²) in [6, 6.07) is 8.15. The second-order valence-corrected chi connectivity index (χ2v) is 7.61. The molecule has 0 spiro atoms. The summed E-state index contributed by atoms with van der Waals surface area (Å²) in [5.74, 6) is 0.540. The monoisotopic (exact) mass is 456 g/mol. The van der Waals surface area contributed by atoms with Crippen LogP contribution in [0.5, 0.6) is 0 Å². The smallest absolute Gasteiger partial charge is 0.123 e. The van der Waals surface area contributed by atoms with Gasteiger partial charge in [0.1, 0.15) is 12.9 Å². The number of oxime groups is 1. The molecule has 0 saturated carbocycles. The van der Waals surface area contributed by atoms with Crippen LogP contribution in [0.1, 0.15) is 44.1 Å². The molecule has 2 bridgehead atoms. The first-order chi connectivity index (χ1) is 12.2. The Hall–Kier alpha value is -0.950. The number of nitrogens with zero attached hydrogens (tertiary/aromatic N) is 2. The van der Waals surface area contributed by atoms with Crippen LogP contribution in [0.25, 0.3) is 0 Å². The lowest BCUT2D eigenvalue weighted by atomic mass is 9.73. The van der Waals surface area contributed by atoms with Crippen LogP contribution >= 0.6 is 22.6 Å². The number of piperidine rings is 1. The van der Waals surface area contributed by atoms with Crippen molar-refractivity contribution in [3.63, 3.8) is 0 Å². The summed E-state index contributed by atoms with van der Waals surface area (Å²) in [5.41, 5.74) is 2.36. The highest BCUT2D eigenvalue weighted by Crippen LogP contribution is 2.47. The van der Waals surface area contributed by atoms with Crippen molar-refractivity contribution < 1.29 is 9.23 Å². The van der Waals surface area contributed by atoms with Gasteiger partial charge in [-0.2, -0.15) is 0 Å². The maximum absolute atomic E-state index is 13.4. The van der Waals surface area contributed by atoms with Crippen molar-refractivity contribution in [2.24, 2.45) is 11.1 Å². The van der Waals surface area contributed by atoms with E-state index in [0.29, 0.717) is 23.9 Å². The molecule has 2 heterocycles. The molecule has 2 fully saturated rings. The standard InChI is InChI=1S/C20H26FIN2O/c1-3-18(23-25-2)20-17(14-5-7-15(21)8-6-14)13-16-9-10-19(20)24(16)12-4-11-22/h4-8,11,16-17,19-20H,3,9-10,12-13H2,1-2H3/b11-4+,23-18-/t16?,17-,19?,20-/m1/s1. The van der Waals surface area contributed by atoms with Gasteiger partial charge in [-0.05, 0) is 53.4 Å². The zero-order chi connectivity index (χ0) is 17.8. The molecule has 5 heteroatoms. The average Bonchev–Trinajstić information content (AvgIpc) is 2.91. The van der Waals surface area contributed by atoms with E-state index in [-0.39, 0.29) is 5.82 Å². The van der Waals surface area contributed by atoms with Gasteiger partial charge in [0.15, 0.2) is 0 Å². The Kier molecular flexibility index (Phi) is 6.49. The van der Waals surface area contributed by atoms with Gasteiger partial charge in [0, 0.05) is 24.5 Å². The van der Waals surface area contributed by atoms with Gasteiger partial charge >= 0.3 is 0 Å². The van der Waals surface area contributed by atoms with Crippen LogP contribution in [-0.4, -0.2) is 36.3 Å². The number of benzene rings is 1. The van der Waals surface area contributed by atoms with Gasteiger partial charge in [-0.3, -0.25) is 4.90 Å².